The van der Waals surface area contributed by atoms with Crippen LogP contribution in [0.2, 0.25) is 0 Å². The number of nitrogens with zero attached hydrogens (tertiary/aromatic N) is 1. The molecule has 6 heteroatoms. The first-order valence-electron chi connectivity index (χ1n) is 10.9. The summed E-state index contributed by atoms with van der Waals surface area (Å²) >= 11 is 0. The molecule has 5 nitrogen and oxygen atoms in total. The maximum atomic E-state index is 13.6. The number of anilines is 2. The second-order valence-electron chi connectivity index (χ2n) is 8.00. The van der Waals surface area contributed by atoms with Crippen LogP contribution in [0, 0.1) is 5.82 Å². The van der Waals surface area contributed by atoms with Gasteiger partial charge in [-0.2, -0.15) is 0 Å². The molecule has 33 heavy (non-hydrogen) atoms. The number of hydrogen-bond donors (Lipinski definition) is 1. The van der Waals surface area contributed by atoms with E-state index in [0.717, 1.165) is 10.5 Å². The van der Waals surface area contributed by atoms with Crippen LogP contribution in [0.3, 0.4) is 0 Å². The van der Waals surface area contributed by atoms with E-state index >= 15 is 0 Å². The molecule has 1 aliphatic rings. The normalized spacial score (nSPS) is 13.8. The zero-order valence-electron chi connectivity index (χ0n) is 18.8. The van der Waals surface area contributed by atoms with E-state index in [9.17, 15) is 14.0 Å². The minimum absolute atomic E-state index is 0.117. The first kappa shape index (κ1) is 22.3. The van der Waals surface area contributed by atoms with Gasteiger partial charge in [0.1, 0.15) is 17.3 Å². The van der Waals surface area contributed by atoms with Crippen molar-refractivity contribution in [2.24, 2.45) is 0 Å². The Labute approximate surface area is 192 Å². The summed E-state index contributed by atoms with van der Waals surface area (Å²) in [5.41, 5.74) is 2.89. The van der Waals surface area contributed by atoms with E-state index in [1.165, 1.54) is 24.3 Å². The molecular weight excluding hydrogens is 419 g/mol. The molecule has 0 radical (unpaired) electrons. The van der Waals surface area contributed by atoms with Crippen molar-refractivity contribution in [3.63, 3.8) is 0 Å². The number of hydrogen-bond acceptors (Lipinski definition) is 4. The van der Waals surface area contributed by atoms with E-state index in [-0.39, 0.29) is 11.3 Å². The predicted octanol–water partition coefficient (Wildman–Crippen LogP) is 5.74. The van der Waals surface area contributed by atoms with Crippen molar-refractivity contribution >= 4 is 28.8 Å². The van der Waals surface area contributed by atoms with E-state index in [4.69, 9.17) is 4.74 Å². The average Bonchev–Trinajstić information content (AvgIpc) is 3.05. The summed E-state index contributed by atoms with van der Waals surface area (Å²) < 4.78 is 19.2. The van der Waals surface area contributed by atoms with Crippen LogP contribution in [0.5, 0.6) is 5.75 Å². The molecule has 3 aromatic carbocycles. The maximum Gasteiger partial charge on any atom is 0.282 e. The largest absolute Gasteiger partial charge is 0.492 e. The van der Waals surface area contributed by atoms with Gasteiger partial charge in [-0.1, -0.05) is 50.2 Å². The molecule has 0 bridgehead atoms. The fourth-order valence-corrected chi connectivity index (χ4v) is 3.76. The lowest BCUT2D eigenvalue weighted by atomic mass is 10.0. The van der Waals surface area contributed by atoms with E-state index in [1.54, 1.807) is 24.3 Å². The summed E-state index contributed by atoms with van der Waals surface area (Å²) in [7, 11) is 0. The molecule has 1 heterocycles. The van der Waals surface area contributed by atoms with Crippen LogP contribution in [-0.4, -0.2) is 18.4 Å². The van der Waals surface area contributed by atoms with Crippen molar-refractivity contribution in [3.8, 4) is 5.75 Å². The number of carbonyl (C=O) groups is 2. The Morgan fingerprint density at radius 3 is 2.21 bits per heavy atom. The minimum atomic E-state index is -0.483. The zero-order chi connectivity index (χ0) is 23.5. The maximum absolute atomic E-state index is 13.6. The fourth-order valence-electron chi connectivity index (χ4n) is 3.76. The molecule has 3 aromatic rings. The molecule has 0 saturated carbocycles. The summed E-state index contributed by atoms with van der Waals surface area (Å²) in [5.74, 6) is -0.494. The molecule has 0 saturated heterocycles. The molecule has 0 aliphatic carbocycles. The molecule has 0 unspecified atom stereocenters. The Morgan fingerprint density at radius 1 is 0.909 bits per heavy atom. The lowest BCUT2D eigenvalue weighted by Gasteiger charge is -2.17. The van der Waals surface area contributed by atoms with Gasteiger partial charge in [0.15, 0.2) is 0 Å². The van der Waals surface area contributed by atoms with Crippen molar-refractivity contribution < 1.29 is 18.7 Å². The highest BCUT2D eigenvalue weighted by Crippen LogP contribution is 2.36. The van der Waals surface area contributed by atoms with Gasteiger partial charge in [-0.25, -0.2) is 9.29 Å². The number of nitrogens with one attached hydrogen (secondary N) is 1. The fraction of sp³-hybridized carbons (Fsp3) is 0.185. The number of benzene rings is 3. The van der Waals surface area contributed by atoms with E-state index in [2.05, 4.69) is 19.2 Å². The smallest absolute Gasteiger partial charge is 0.282 e. The summed E-state index contributed by atoms with van der Waals surface area (Å²) in [5, 5.41) is 3.12. The highest BCUT2D eigenvalue weighted by Gasteiger charge is 2.40. The topological polar surface area (TPSA) is 58.6 Å². The quantitative estimate of drug-likeness (QED) is 0.472. The van der Waals surface area contributed by atoms with E-state index in [0.29, 0.717) is 35.2 Å². The Bertz CT molecular complexity index is 1210. The molecule has 0 aromatic heterocycles. The Balaban J connectivity index is 1.79. The van der Waals surface area contributed by atoms with Crippen molar-refractivity contribution in [1.29, 1.82) is 0 Å². The number of ether oxygens (including phenoxy) is 1. The average molecular weight is 445 g/mol. The van der Waals surface area contributed by atoms with Crippen LogP contribution in [-0.2, 0) is 9.59 Å². The van der Waals surface area contributed by atoms with Gasteiger partial charge in [0, 0.05) is 0 Å². The molecule has 0 atom stereocenters. The number of para-hydroxylation sites is 2. The summed E-state index contributed by atoms with van der Waals surface area (Å²) in [6.45, 7) is 6.47. The van der Waals surface area contributed by atoms with Crippen LogP contribution >= 0.6 is 0 Å². The number of amides is 2. The molecule has 2 amide bonds. The third kappa shape index (κ3) is 4.37. The lowest BCUT2D eigenvalue weighted by Crippen LogP contribution is -2.32. The predicted molar refractivity (Wildman–Crippen MR) is 128 cm³/mol. The molecule has 1 N–H and O–H groups in total. The summed E-state index contributed by atoms with van der Waals surface area (Å²) in [6.07, 6.45) is 0. The standard InChI is InChI=1S/C27H25FN2O3/c1-4-33-23-8-6-5-7-22(23)29-25-24(19-9-13-20(28)14-10-19)26(31)30(27(25)32)21-15-11-18(12-16-21)17(2)3/h5-17,29H,4H2,1-3H3. The highest BCUT2D eigenvalue weighted by atomic mass is 19.1. The highest BCUT2D eigenvalue weighted by molar-refractivity contribution is 6.46. The molecule has 0 spiro atoms. The van der Waals surface area contributed by atoms with Crippen LogP contribution < -0.4 is 15.0 Å². The van der Waals surface area contributed by atoms with Crippen molar-refractivity contribution in [1.82, 2.24) is 0 Å². The summed E-state index contributed by atoms with van der Waals surface area (Å²) in [4.78, 5) is 28.2. The monoisotopic (exact) mass is 444 g/mol. The second kappa shape index (κ2) is 9.28. The van der Waals surface area contributed by atoms with Gasteiger partial charge in [0.2, 0.25) is 0 Å². The first-order chi connectivity index (χ1) is 15.9. The first-order valence-corrected chi connectivity index (χ1v) is 10.9. The van der Waals surface area contributed by atoms with E-state index in [1.807, 2.05) is 31.2 Å². The number of imide groups is 1. The minimum Gasteiger partial charge on any atom is -0.492 e. The molecule has 1 aliphatic heterocycles. The third-order valence-electron chi connectivity index (χ3n) is 5.48. The number of rotatable bonds is 7. The lowest BCUT2D eigenvalue weighted by molar-refractivity contribution is -0.120. The van der Waals surface area contributed by atoms with Gasteiger partial charge >= 0.3 is 0 Å². The van der Waals surface area contributed by atoms with E-state index < -0.39 is 17.6 Å². The number of halogens is 1. The van der Waals surface area contributed by atoms with Crippen molar-refractivity contribution in [2.45, 2.75) is 26.7 Å². The van der Waals surface area contributed by atoms with Gasteiger partial charge in [-0.15, -0.1) is 0 Å². The van der Waals surface area contributed by atoms with Crippen molar-refractivity contribution in [2.75, 3.05) is 16.8 Å². The van der Waals surface area contributed by atoms with Crippen LogP contribution in [0.15, 0.2) is 78.5 Å². The molecule has 0 fully saturated rings. The van der Waals surface area contributed by atoms with Gasteiger partial charge in [-0.05, 0) is 60.4 Å². The Kier molecular flexibility index (Phi) is 6.27. The van der Waals surface area contributed by atoms with Crippen LogP contribution in [0.25, 0.3) is 5.57 Å². The van der Waals surface area contributed by atoms with Crippen molar-refractivity contribution in [3.05, 3.63) is 95.4 Å². The van der Waals surface area contributed by atoms with Gasteiger partial charge in [-0.3, -0.25) is 9.59 Å². The number of carbonyl (C=O) groups excluding carboxylic acids is 2. The van der Waals surface area contributed by atoms with Crippen LogP contribution in [0.4, 0.5) is 15.8 Å². The van der Waals surface area contributed by atoms with Crippen LogP contribution in [0.1, 0.15) is 37.8 Å². The molecule has 168 valence electrons. The zero-order valence-corrected chi connectivity index (χ0v) is 18.8. The molecule has 4 rings (SSSR count). The molecular formula is C27H25FN2O3. The second-order valence-corrected chi connectivity index (χ2v) is 8.00. The van der Waals surface area contributed by atoms with Gasteiger partial charge in [0.25, 0.3) is 11.8 Å². The Hall–Kier alpha value is -3.93. The Morgan fingerprint density at radius 2 is 1.58 bits per heavy atom. The van der Waals surface area contributed by atoms with Gasteiger partial charge in [0.05, 0.1) is 23.6 Å². The third-order valence-corrected chi connectivity index (χ3v) is 5.48. The van der Waals surface area contributed by atoms with Gasteiger partial charge < -0.3 is 10.1 Å². The SMILES string of the molecule is CCOc1ccccc1NC1=C(c2ccc(F)cc2)C(=O)N(c2ccc(C(C)C)cc2)C1=O. The summed E-state index contributed by atoms with van der Waals surface area (Å²) in [6, 6.07) is 20.1.